The third-order valence-corrected chi connectivity index (χ3v) is 4.97. The standard InChI is InChI=1S/C15H28N2O2/c1-12-9-10-17(13-7-5-3-4-6-8-13)14(11-18)15(19)16(12)2/h12-14,18H,3-11H2,1-2H3. The Hall–Kier alpha value is -0.610. The van der Waals surface area contributed by atoms with Crippen molar-refractivity contribution in [2.45, 2.75) is 70.0 Å². The molecule has 0 aromatic heterocycles. The molecule has 0 aromatic carbocycles. The molecule has 1 saturated heterocycles. The molecule has 0 radical (unpaired) electrons. The van der Waals surface area contributed by atoms with Crippen molar-refractivity contribution in [1.82, 2.24) is 9.80 Å². The molecule has 1 aliphatic carbocycles. The van der Waals surface area contributed by atoms with Crippen LogP contribution in [0.2, 0.25) is 0 Å². The number of likely N-dealkylation sites (N-methyl/N-ethyl adjacent to an activating group) is 1. The molecule has 0 spiro atoms. The minimum Gasteiger partial charge on any atom is -0.394 e. The number of carbonyl (C=O) groups is 1. The third-order valence-electron chi connectivity index (χ3n) is 4.97. The van der Waals surface area contributed by atoms with Crippen molar-refractivity contribution in [3.8, 4) is 0 Å². The second kappa shape index (κ2) is 6.71. The van der Waals surface area contributed by atoms with E-state index < -0.39 is 0 Å². The van der Waals surface area contributed by atoms with Gasteiger partial charge in [0.15, 0.2) is 0 Å². The summed E-state index contributed by atoms with van der Waals surface area (Å²) < 4.78 is 0. The molecule has 2 atom stereocenters. The molecular formula is C15H28N2O2. The average molecular weight is 268 g/mol. The van der Waals surface area contributed by atoms with Crippen LogP contribution in [0.25, 0.3) is 0 Å². The Morgan fingerprint density at radius 3 is 2.37 bits per heavy atom. The number of hydrogen-bond acceptors (Lipinski definition) is 3. The second-order valence-corrected chi connectivity index (χ2v) is 6.17. The van der Waals surface area contributed by atoms with Gasteiger partial charge in [-0.15, -0.1) is 0 Å². The summed E-state index contributed by atoms with van der Waals surface area (Å²) in [6.07, 6.45) is 8.54. The Morgan fingerprint density at radius 1 is 1.16 bits per heavy atom. The Balaban J connectivity index is 2.14. The lowest BCUT2D eigenvalue weighted by Gasteiger charge is -2.35. The van der Waals surface area contributed by atoms with E-state index >= 15 is 0 Å². The average Bonchev–Trinajstić information content (AvgIpc) is 2.74. The van der Waals surface area contributed by atoms with Crippen molar-refractivity contribution < 1.29 is 9.90 Å². The molecular weight excluding hydrogens is 240 g/mol. The predicted molar refractivity (Wildman–Crippen MR) is 75.9 cm³/mol. The summed E-state index contributed by atoms with van der Waals surface area (Å²) in [5.41, 5.74) is 0. The van der Waals surface area contributed by atoms with Gasteiger partial charge in [0, 0.05) is 25.7 Å². The zero-order valence-electron chi connectivity index (χ0n) is 12.3. The molecule has 1 saturated carbocycles. The van der Waals surface area contributed by atoms with Crippen molar-refractivity contribution in [2.75, 3.05) is 20.2 Å². The smallest absolute Gasteiger partial charge is 0.242 e. The summed E-state index contributed by atoms with van der Waals surface area (Å²) >= 11 is 0. The van der Waals surface area contributed by atoms with E-state index in [0.29, 0.717) is 6.04 Å². The Morgan fingerprint density at radius 2 is 1.79 bits per heavy atom. The van der Waals surface area contributed by atoms with Crippen LogP contribution in [0.5, 0.6) is 0 Å². The van der Waals surface area contributed by atoms with Gasteiger partial charge in [-0.2, -0.15) is 0 Å². The molecule has 4 nitrogen and oxygen atoms in total. The van der Waals surface area contributed by atoms with Crippen molar-refractivity contribution in [3.63, 3.8) is 0 Å². The van der Waals surface area contributed by atoms with Gasteiger partial charge in [-0.1, -0.05) is 25.7 Å². The van der Waals surface area contributed by atoms with E-state index in [1.54, 1.807) is 0 Å². The summed E-state index contributed by atoms with van der Waals surface area (Å²) in [5, 5.41) is 9.67. The van der Waals surface area contributed by atoms with E-state index in [9.17, 15) is 9.90 Å². The van der Waals surface area contributed by atoms with Crippen LogP contribution in [-0.4, -0.2) is 59.1 Å². The van der Waals surface area contributed by atoms with Gasteiger partial charge in [-0.25, -0.2) is 0 Å². The minimum absolute atomic E-state index is 0.0492. The van der Waals surface area contributed by atoms with Gasteiger partial charge in [-0.05, 0) is 26.2 Å². The Labute approximate surface area is 116 Å². The second-order valence-electron chi connectivity index (χ2n) is 6.17. The van der Waals surface area contributed by atoms with Crippen LogP contribution in [0.4, 0.5) is 0 Å². The minimum atomic E-state index is -0.321. The largest absolute Gasteiger partial charge is 0.394 e. The first-order valence-electron chi connectivity index (χ1n) is 7.78. The molecule has 0 bridgehead atoms. The lowest BCUT2D eigenvalue weighted by Crippen LogP contribution is -2.51. The van der Waals surface area contributed by atoms with Gasteiger partial charge in [0.05, 0.1) is 6.61 Å². The number of rotatable bonds is 2. The SMILES string of the molecule is CC1CCN(C2CCCCCC2)C(CO)C(=O)N1C. The Kier molecular flexibility index (Phi) is 5.22. The maximum atomic E-state index is 12.5. The third kappa shape index (κ3) is 3.29. The van der Waals surface area contributed by atoms with Crippen molar-refractivity contribution >= 4 is 5.91 Å². The molecule has 0 aromatic rings. The fourth-order valence-corrected chi connectivity index (χ4v) is 3.49. The summed E-state index contributed by atoms with van der Waals surface area (Å²) in [5.74, 6) is 0.0942. The molecule has 1 amide bonds. The maximum Gasteiger partial charge on any atom is 0.242 e. The van der Waals surface area contributed by atoms with Crippen LogP contribution >= 0.6 is 0 Å². The first-order valence-corrected chi connectivity index (χ1v) is 7.78. The van der Waals surface area contributed by atoms with Gasteiger partial charge in [0.1, 0.15) is 6.04 Å². The van der Waals surface area contributed by atoms with Crippen LogP contribution in [0.15, 0.2) is 0 Å². The number of nitrogens with zero attached hydrogens (tertiary/aromatic N) is 2. The van der Waals surface area contributed by atoms with Crippen molar-refractivity contribution in [2.24, 2.45) is 0 Å². The molecule has 1 N–H and O–H groups in total. The van der Waals surface area contributed by atoms with Crippen LogP contribution in [-0.2, 0) is 4.79 Å². The van der Waals surface area contributed by atoms with Crippen LogP contribution < -0.4 is 0 Å². The highest BCUT2D eigenvalue weighted by Gasteiger charge is 2.36. The highest BCUT2D eigenvalue weighted by Crippen LogP contribution is 2.26. The zero-order valence-corrected chi connectivity index (χ0v) is 12.3. The van der Waals surface area contributed by atoms with E-state index in [0.717, 1.165) is 13.0 Å². The lowest BCUT2D eigenvalue weighted by atomic mass is 10.0. The summed E-state index contributed by atoms with van der Waals surface area (Å²) in [6, 6.07) is 0.442. The summed E-state index contributed by atoms with van der Waals surface area (Å²) in [6.45, 7) is 2.99. The Bertz CT molecular complexity index is 301. The number of aliphatic hydroxyl groups is 1. The monoisotopic (exact) mass is 268 g/mol. The van der Waals surface area contributed by atoms with Crippen molar-refractivity contribution in [1.29, 1.82) is 0 Å². The quantitative estimate of drug-likeness (QED) is 0.774. The van der Waals surface area contributed by atoms with E-state index in [-0.39, 0.29) is 24.6 Å². The van der Waals surface area contributed by atoms with Gasteiger partial charge >= 0.3 is 0 Å². The fraction of sp³-hybridized carbons (Fsp3) is 0.933. The van der Waals surface area contributed by atoms with Gasteiger partial charge in [0.2, 0.25) is 5.91 Å². The molecule has 2 unspecified atom stereocenters. The first-order chi connectivity index (χ1) is 9.15. The van der Waals surface area contributed by atoms with Gasteiger partial charge < -0.3 is 10.0 Å². The zero-order chi connectivity index (χ0) is 13.8. The van der Waals surface area contributed by atoms with E-state index in [1.165, 1.54) is 38.5 Å². The first kappa shape index (κ1) is 14.8. The predicted octanol–water partition coefficient (Wildman–Crippen LogP) is 1.62. The van der Waals surface area contributed by atoms with Crippen molar-refractivity contribution in [3.05, 3.63) is 0 Å². The van der Waals surface area contributed by atoms with E-state index in [2.05, 4.69) is 11.8 Å². The molecule has 2 fully saturated rings. The fourth-order valence-electron chi connectivity index (χ4n) is 3.49. The summed E-state index contributed by atoms with van der Waals surface area (Å²) in [4.78, 5) is 16.6. The maximum absolute atomic E-state index is 12.5. The molecule has 2 rings (SSSR count). The highest BCUT2D eigenvalue weighted by molar-refractivity contribution is 5.82. The number of carbonyl (C=O) groups excluding carboxylic acids is 1. The van der Waals surface area contributed by atoms with Gasteiger partial charge in [0.25, 0.3) is 0 Å². The molecule has 1 aliphatic heterocycles. The molecule has 110 valence electrons. The van der Waals surface area contributed by atoms with Crippen LogP contribution in [0.3, 0.4) is 0 Å². The number of hydrogen-bond donors (Lipinski definition) is 1. The van der Waals surface area contributed by atoms with Crippen LogP contribution in [0, 0.1) is 0 Å². The van der Waals surface area contributed by atoms with E-state index in [1.807, 2.05) is 11.9 Å². The van der Waals surface area contributed by atoms with E-state index in [4.69, 9.17) is 0 Å². The van der Waals surface area contributed by atoms with Crippen LogP contribution in [0.1, 0.15) is 51.9 Å². The number of aliphatic hydroxyl groups excluding tert-OH is 1. The molecule has 4 heteroatoms. The number of amides is 1. The van der Waals surface area contributed by atoms with Gasteiger partial charge in [-0.3, -0.25) is 9.69 Å². The molecule has 19 heavy (non-hydrogen) atoms. The molecule has 2 aliphatic rings. The lowest BCUT2D eigenvalue weighted by molar-refractivity contribution is -0.137. The highest BCUT2D eigenvalue weighted by atomic mass is 16.3. The normalized spacial score (nSPS) is 32.2. The molecule has 1 heterocycles. The summed E-state index contributed by atoms with van der Waals surface area (Å²) in [7, 11) is 1.87. The topological polar surface area (TPSA) is 43.8 Å².